The molecule has 0 heterocycles. The molecule has 4 heteroatoms. The Balaban J connectivity index is 3.15. The number of ether oxygens (including phenoxy) is 1. The van der Waals surface area contributed by atoms with Gasteiger partial charge in [0.1, 0.15) is 6.61 Å². The third kappa shape index (κ3) is 17.5. The zero-order valence-electron chi connectivity index (χ0n) is 15.9. The number of aliphatic hydroxyl groups is 1. The van der Waals surface area contributed by atoms with Crippen molar-refractivity contribution in [2.24, 2.45) is 5.92 Å². The molecule has 0 bridgehead atoms. The minimum absolute atomic E-state index is 0.266. The lowest BCUT2D eigenvalue weighted by Gasteiger charge is -2.05. The molecule has 0 rings (SSSR count). The monoisotopic (exact) mass is 342 g/mol. The Hall–Kier alpha value is -0.900. The first-order chi connectivity index (χ1) is 11.6. The van der Waals surface area contributed by atoms with Crippen molar-refractivity contribution < 1.29 is 19.4 Å². The Morgan fingerprint density at radius 2 is 1.12 bits per heavy atom. The first-order valence-corrected chi connectivity index (χ1v) is 9.90. The summed E-state index contributed by atoms with van der Waals surface area (Å²) in [5.74, 6) is -0.541. The molecule has 0 fully saturated rings. The lowest BCUT2D eigenvalue weighted by Crippen LogP contribution is -2.14. The van der Waals surface area contributed by atoms with Crippen molar-refractivity contribution in [2.75, 3.05) is 6.61 Å². The lowest BCUT2D eigenvalue weighted by atomic mass is 10.0. The van der Waals surface area contributed by atoms with Crippen LogP contribution in [0.2, 0.25) is 0 Å². The van der Waals surface area contributed by atoms with Crippen LogP contribution in [0.25, 0.3) is 0 Å². The molecule has 0 radical (unpaired) electrons. The maximum Gasteiger partial charge on any atom is 0.339 e. The second-order valence-corrected chi connectivity index (χ2v) is 7.18. The van der Waals surface area contributed by atoms with Gasteiger partial charge in [-0.05, 0) is 12.3 Å². The van der Waals surface area contributed by atoms with Crippen LogP contribution in [0, 0.1) is 5.92 Å². The van der Waals surface area contributed by atoms with Gasteiger partial charge in [-0.3, -0.25) is 4.79 Å². The second kappa shape index (κ2) is 16.9. The normalized spacial score (nSPS) is 11.0. The van der Waals surface area contributed by atoms with Crippen LogP contribution in [0.5, 0.6) is 0 Å². The van der Waals surface area contributed by atoms with Crippen LogP contribution in [0.1, 0.15) is 104 Å². The Morgan fingerprint density at radius 1 is 0.708 bits per heavy atom. The molecule has 0 aromatic carbocycles. The van der Waals surface area contributed by atoms with E-state index < -0.39 is 18.5 Å². The fourth-order valence-corrected chi connectivity index (χ4v) is 2.80. The smallest absolute Gasteiger partial charge is 0.339 e. The standard InChI is InChI=1S/C20H38O4/c1-18(2)15-13-11-9-7-5-3-4-6-8-10-12-14-16-19(22)24-20(23)17-21/h18,21H,3-17H2,1-2H3. The summed E-state index contributed by atoms with van der Waals surface area (Å²) >= 11 is 0. The highest BCUT2D eigenvalue weighted by Gasteiger charge is 2.08. The molecule has 0 aromatic rings. The highest BCUT2D eigenvalue weighted by atomic mass is 16.6. The van der Waals surface area contributed by atoms with E-state index in [9.17, 15) is 9.59 Å². The first kappa shape index (κ1) is 23.1. The van der Waals surface area contributed by atoms with E-state index in [0.717, 1.165) is 25.2 Å². The van der Waals surface area contributed by atoms with E-state index in [4.69, 9.17) is 5.11 Å². The van der Waals surface area contributed by atoms with E-state index in [1.807, 2.05) is 0 Å². The van der Waals surface area contributed by atoms with Gasteiger partial charge in [0.2, 0.25) is 0 Å². The number of unbranched alkanes of at least 4 members (excludes halogenated alkanes) is 11. The topological polar surface area (TPSA) is 63.6 Å². The number of rotatable bonds is 16. The Morgan fingerprint density at radius 3 is 1.54 bits per heavy atom. The molecule has 142 valence electrons. The van der Waals surface area contributed by atoms with E-state index in [1.165, 1.54) is 64.2 Å². The van der Waals surface area contributed by atoms with Gasteiger partial charge in [-0.15, -0.1) is 0 Å². The van der Waals surface area contributed by atoms with Crippen molar-refractivity contribution in [3.05, 3.63) is 0 Å². The number of hydrogen-bond donors (Lipinski definition) is 1. The van der Waals surface area contributed by atoms with Crippen LogP contribution >= 0.6 is 0 Å². The van der Waals surface area contributed by atoms with Crippen LogP contribution in [0.3, 0.4) is 0 Å². The Bertz CT molecular complexity index is 313. The van der Waals surface area contributed by atoms with Crippen molar-refractivity contribution in [3.63, 3.8) is 0 Å². The summed E-state index contributed by atoms with van der Waals surface area (Å²) in [5, 5.41) is 8.46. The number of hydrogen-bond acceptors (Lipinski definition) is 4. The van der Waals surface area contributed by atoms with E-state index in [-0.39, 0.29) is 6.42 Å². The number of carbonyl (C=O) groups is 2. The third-order valence-corrected chi connectivity index (χ3v) is 4.27. The molecule has 24 heavy (non-hydrogen) atoms. The predicted octanol–water partition coefficient (Wildman–Crippen LogP) is 5.17. The largest absolute Gasteiger partial charge is 0.391 e. The van der Waals surface area contributed by atoms with Crippen molar-refractivity contribution >= 4 is 11.9 Å². The number of esters is 2. The zero-order chi connectivity index (χ0) is 18.0. The Labute approximate surface area is 148 Å². The number of carbonyl (C=O) groups excluding carboxylic acids is 2. The molecule has 0 aromatic heterocycles. The van der Waals surface area contributed by atoms with Crippen LogP contribution in [-0.4, -0.2) is 23.7 Å². The summed E-state index contributed by atoms with van der Waals surface area (Å²) in [6, 6.07) is 0. The first-order valence-electron chi connectivity index (χ1n) is 9.90. The summed E-state index contributed by atoms with van der Waals surface area (Å²) in [4.78, 5) is 21.9. The van der Waals surface area contributed by atoms with E-state index in [2.05, 4.69) is 18.6 Å². The van der Waals surface area contributed by atoms with E-state index in [1.54, 1.807) is 0 Å². The maximum atomic E-state index is 11.2. The molecule has 0 amide bonds. The van der Waals surface area contributed by atoms with Gasteiger partial charge in [-0.2, -0.15) is 0 Å². The van der Waals surface area contributed by atoms with Crippen molar-refractivity contribution in [2.45, 2.75) is 104 Å². The van der Waals surface area contributed by atoms with Gasteiger partial charge in [0.15, 0.2) is 0 Å². The van der Waals surface area contributed by atoms with E-state index in [0.29, 0.717) is 0 Å². The minimum atomic E-state index is -0.861. The summed E-state index contributed by atoms with van der Waals surface area (Å²) in [6.45, 7) is 3.86. The van der Waals surface area contributed by atoms with Gasteiger partial charge in [0, 0.05) is 6.42 Å². The van der Waals surface area contributed by atoms with Crippen molar-refractivity contribution in [1.82, 2.24) is 0 Å². The minimum Gasteiger partial charge on any atom is -0.391 e. The van der Waals surface area contributed by atoms with Gasteiger partial charge < -0.3 is 9.84 Å². The van der Waals surface area contributed by atoms with Crippen molar-refractivity contribution in [3.8, 4) is 0 Å². The van der Waals surface area contributed by atoms with E-state index >= 15 is 0 Å². The average molecular weight is 343 g/mol. The molecule has 0 saturated heterocycles. The summed E-state index contributed by atoms with van der Waals surface area (Å²) in [5.41, 5.74) is 0. The fourth-order valence-electron chi connectivity index (χ4n) is 2.80. The van der Waals surface area contributed by atoms with Gasteiger partial charge in [-0.25, -0.2) is 4.79 Å². The van der Waals surface area contributed by atoms with Gasteiger partial charge in [0.05, 0.1) is 0 Å². The molecule has 0 spiro atoms. The van der Waals surface area contributed by atoms with Crippen molar-refractivity contribution in [1.29, 1.82) is 0 Å². The zero-order valence-corrected chi connectivity index (χ0v) is 15.9. The third-order valence-electron chi connectivity index (χ3n) is 4.27. The molecule has 0 unspecified atom stereocenters. The summed E-state index contributed by atoms with van der Waals surface area (Å²) < 4.78 is 4.39. The summed E-state index contributed by atoms with van der Waals surface area (Å²) in [6.07, 6.45) is 16.6. The highest BCUT2D eigenvalue weighted by Crippen LogP contribution is 2.14. The van der Waals surface area contributed by atoms with Crippen LogP contribution in [-0.2, 0) is 14.3 Å². The Kier molecular flexibility index (Phi) is 16.3. The molecular formula is C20H38O4. The van der Waals surface area contributed by atoms with Gasteiger partial charge in [0.25, 0.3) is 0 Å². The van der Waals surface area contributed by atoms with Gasteiger partial charge in [-0.1, -0.05) is 90.9 Å². The quantitative estimate of drug-likeness (QED) is 0.239. The molecule has 1 N–H and O–H groups in total. The molecular weight excluding hydrogens is 304 g/mol. The van der Waals surface area contributed by atoms with Crippen LogP contribution in [0.15, 0.2) is 0 Å². The van der Waals surface area contributed by atoms with Crippen LogP contribution in [0.4, 0.5) is 0 Å². The lowest BCUT2D eigenvalue weighted by molar-refractivity contribution is -0.161. The molecule has 0 aliphatic carbocycles. The average Bonchev–Trinajstić information content (AvgIpc) is 2.54. The summed E-state index contributed by atoms with van der Waals surface area (Å²) in [7, 11) is 0. The molecule has 4 nitrogen and oxygen atoms in total. The fraction of sp³-hybridized carbons (Fsp3) is 0.900. The molecule has 0 atom stereocenters. The number of aliphatic hydroxyl groups excluding tert-OH is 1. The highest BCUT2D eigenvalue weighted by molar-refractivity contribution is 5.85. The van der Waals surface area contributed by atoms with Crippen LogP contribution < -0.4 is 0 Å². The maximum absolute atomic E-state index is 11.2. The SMILES string of the molecule is CC(C)CCCCCCCCCCCCCCC(=O)OC(=O)CO. The predicted molar refractivity (Wildman–Crippen MR) is 97.7 cm³/mol. The molecule has 0 aliphatic heterocycles. The second-order valence-electron chi connectivity index (χ2n) is 7.18. The molecule has 0 saturated carbocycles. The van der Waals surface area contributed by atoms with Gasteiger partial charge >= 0.3 is 11.9 Å². The molecule has 0 aliphatic rings.